The number of hydrogen-bond acceptors (Lipinski definition) is 5. The van der Waals surface area contributed by atoms with Crippen LogP contribution < -0.4 is 5.32 Å². The number of nitro groups is 1. The standard InChI is InChI=1S/C21H30N4O4/c1-3-22-20(26)19(16-6-4-5-7-16)23-10-12-24(13-11-23)21(27)17-9-8-15(2)18(14-17)25(28)29/h8-9,14,16,19H,3-7,10-13H2,1-2H3,(H,22,26)/t19-/m1/s1. The molecular formula is C21H30N4O4. The summed E-state index contributed by atoms with van der Waals surface area (Å²) in [5, 5.41) is 14.1. The van der Waals surface area contributed by atoms with Crippen molar-refractivity contribution >= 4 is 17.5 Å². The zero-order valence-corrected chi connectivity index (χ0v) is 17.2. The van der Waals surface area contributed by atoms with Crippen LogP contribution in [0.5, 0.6) is 0 Å². The summed E-state index contributed by atoms with van der Waals surface area (Å²) in [4.78, 5) is 40.2. The number of nitrogens with one attached hydrogen (secondary N) is 1. The van der Waals surface area contributed by atoms with E-state index in [0.717, 1.165) is 12.8 Å². The van der Waals surface area contributed by atoms with Crippen LogP contribution in [0.25, 0.3) is 0 Å². The van der Waals surface area contributed by atoms with Crippen molar-refractivity contribution in [2.45, 2.75) is 45.6 Å². The highest BCUT2D eigenvalue weighted by molar-refractivity contribution is 5.95. The first kappa shape index (κ1) is 21.2. The third kappa shape index (κ3) is 4.75. The van der Waals surface area contributed by atoms with E-state index in [0.29, 0.717) is 49.8 Å². The maximum absolute atomic E-state index is 12.9. The van der Waals surface area contributed by atoms with Crippen molar-refractivity contribution in [3.05, 3.63) is 39.4 Å². The van der Waals surface area contributed by atoms with Gasteiger partial charge in [-0.2, -0.15) is 0 Å². The van der Waals surface area contributed by atoms with E-state index < -0.39 is 4.92 Å². The van der Waals surface area contributed by atoms with Crippen LogP contribution in [-0.4, -0.2) is 65.3 Å². The van der Waals surface area contributed by atoms with E-state index in [1.54, 1.807) is 24.0 Å². The lowest BCUT2D eigenvalue weighted by Crippen LogP contribution is -2.58. The zero-order valence-electron chi connectivity index (χ0n) is 17.2. The number of carbonyl (C=O) groups excluding carboxylic acids is 2. The maximum Gasteiger partial charge on any atom is 0.273 e. The molecular weight excluding hydrogens is 372 g/mol. The van der Waals surface area contributed by atoms with Crippen LogP contribution in [0.2, 0.25) is 0 Å². The molecule has 0 bridgehead atoms. The van der Waals surface area contributed by atoms with Crippen LogP contribution in [0.15, 0.2) is 18.2 Å². The number of nitro benzene ring substituents is 1. The molecule has 1 atom stereocenters. The summed E-state index contributed by atoms with van der Waals surface area (Å²) in [7, 11) is 0. The molecule has 2 fully saturated rings. The SMILES string of the molecule is CCNC(=O)[C@@H](C1CCCC1)N1CCN(C(=O)c2ccc(C)c([N+](=O)[O-])c2)CC1. The van der Waals surface area contributed by atoms with E-state index in [1.165, 1.54) is 18.9 Å². The van der Waals surface area contributed by atoms with Crippen molar-refractivity contribution in [2.75, 3.05) is 32.7 Å². The van der Waals surface area contributed by atoms with E-state index in [2.05, 4.69) is 10.2 Å². The second-order valence-corrected chi connectivity index (χ2v) is 7.97. The number of carbonyl (C=O) groups is 2. The average Bonchev–Trinajstić information content (AvgIpc) is 3.23. The first-order chi connectivity index (χ1) is 13.9. The lowest BCUT2D eigenvalue weighted by atomic mass is 9.95. The van der Waals surface area contributed by atoms with Crippen molar-refractivity contribution in [3.63, 3.8) is 0 Å². The summed E-state index contributed by atoms with van der Waals surface area (Å²) in [5.41, 5.74) is 0.844. The number of amides is 2. The van der Waals surface area contributed by atoms with Gasteiger partial charge in [0.05, 0.1) is 11.0 Å². The van der Waals surface area contributed by atoms with Crippen molar-refractivity contribution < 1.29 is 14.5 Å². The van der Waals surface area contributed by atoms with E-state index in [1.807, 2.05) is 6.92 Å². The van der Waals surface area contributed by atoms with Gasteiger partial charge in [-0.25, -0.2) is 0 Å². The molecule has 0 radical (unpaired) electrons. The van der Waals surface area contributed by atoms with Gasteiger partial charge in [0.2, 0.25) is 5.91 Å². The highest BCUT2D eigenvalue weighted by atomic mass is 16.6. The fourth-order valence-corrected chi connectivity index (χ4v) is 4.55. The molecule has 3 rings (SSSR count). The summed E-state index contributed by atoms with van der Waals surface area (Å²) in [6, 6.07) is 4.50. The number of rotatable bonds is 6. The van der Waals surface area contributed by atoms with Gasteiger partial charge in [0.15, 0.2) is 0 Å². The fourth-order valence-electron chi connectivity index (χ4n) is 4.55. The van der Waals surface area contributed by atoms with Crippen LogP contribution in [0.1, 0.15) is 48.5 Å². The van der Waals surface area contributed by atoms with E-state index in [-0.39, 0.29) is 23.5 Å². The van der Waals surface area contributed by atoms with Gasteiger partial charge in [0.25, 0.3) is 11.6 Å². The van der Waals surface area contributed by atoms with Gasteiger partial charge in [0.1, 0.15) is 0 Å². The van der Waals surface area contributed by atoms with Crippen LogP contribution in [0.3, 0.4) is 0 Å². The minimum atomic E-state index is -0.456. The molecule has 8 nitrogen and oxygen atoms in total. The van der Waals surface area contributed by atoms with Gasteiger partial charge in [-0.05, 0) is 38.7 Å². The van der Waals surface area contributed by atoms with Crippen molar-refractivity contribution in [3.8, 4) is 0 Å². The van der Waals surface area contributed by atoms with Crippen molar-refractivity contribution in [1.82, 2.24) is 15.1 Å². The Morgan fingerprint density at radius 2 is 1.86 bits per heavy atom. The lowest BCUT2D eigenvalue weighted by Gasteiger charge is -2.40. The van der Waals surface area contributed by atoms with E-state index >= 15 is 0 Å². The molecule has 1 aliphatic heterocycles. The number of aryl methyl sites for hydroxylation is 1. The van der Waals surface area contributed by atoms with Gasteiger partial charge in [-0.15, -0.1) is 0 Å². The van der Waals surface area contributed by atoms with Crippen molar-refractivity contribution in [1.29, 1.82) is 0 Å². The molecule has 0 spiro atoms. The third-order valence-electron chi connectivity index (χ3n) is 6.11. The highest BCUT2D eigenvalue weighted by Crippen LogP contribution is 2.31. The molecule has 1 aromatic carbocycles. The summed E-state index contributed by atoms with van der Waals surface area (Å²) >= 11 is 0. The second kappa shape index (κ2) is 9.35. The lowest BCUT2D eigenvalue weighted by molar-refractivity contribution is -0.385. The number of hydrogen-bond donors (Lipinski definition) is 1. The minimum Gasteiger partial charge on any atom is -0.355 e. The summed E-state index contributed by atoms with van der Waals surface area (Å²) in [6.07, 6.45) is 4.50. The van der Waals surface area contributed by atoms with E-state index in [9.17, 15) is 19.7 Å². The molecule has 2 amide bonds. The van der Waals surface area contributed by atoms with Crippen LogP contribution in [0.4, 0.5) is 5.69 Å². The Kier molecular flexibility index (Phi) is 6.84. The molecule has 0 aromatic heterocycles. The normalized spacial score (nSPS) is 19.2. The number of nitrogens with zero attached hydrogens (tertiary/aromatic N) is 3. The molecule has 2 aliphatic rings. The van der Waals surface area contributed by atoms with Crippen LogP contribution in [-0.2, 0) is 4.79 Å². The Morgan fingerprint density at radius 1 is 1.21 bits per heavy atom. The number of benzene rings is 1. The van der Waals surface area contributed by atoms with Gasteiger partial charge in [-0.3, -0.25) is 24.6 Å². The maximum atomic E-state index is 12.9. The second-order valence-electron chi connectivity index (χ2n) is 7.97. The topological polar surface area (TPSA) is 95.8 Å². The molecule has 158 valence electrons. The predicted molar refractivity (Wildman–Crippen MR) is 110 cm³/mol. The average molecular weight is 402 g/mol. The van der Waals surface area contributed by atoms with Crippen LogP contribution in [0, 0.1) is 23.0 Å². The monoisotopic (exact) mass is 402 g/mol. The van der Waals surface area contributed by atoms with E-state index in [4.69, 9.17) is 0 Å². The van der Waals surface area contributed by atoms with Gasteiger partial charge in [-0.1, -0.05) is 18.9 Å². The van der Waals surface area contributed by atoms with Crippen LogP contribution >= 0.6 is 0 Å². The molecule has 1 aliphatic carbocycles. The Bertz CT molecular complexity index is 768. The van der Waals surface area contributed by atoms with Crippen molar-refractivity contribution in [2.24, 2.45) is 5.92 Å². The Morgan fingerprint density at radius 3 is 2.45 bits per heavy atom. The Labute approximate surface area is 171 Å². The minimum absolute atomic E-state index is 0.0352. The molecule has 1 saturated carbocycles. The molecule has 29 heavy (non-hydrogen) atoms. The third-order valence-corrected chi connectivity index (χ3v) is 6.11. The molecule has 8 heteroatoms. The molecule has 1 aromatic rings. The zero-order chi connectivity index (χ0) is 21.0. The molecule has 1 saturated heterocycles. The Balaban J connectivity index is 1.67. The number of piperazine rings is 1. The Hall–Kier alpha value is -2.48. The molecule has 1 N–H and O–H groups in total. The smallest absolute Gasteiger partial charge is 0.273 e. The first-order valence-corrected chi connectivity index (χ1v) is 10.5. The number of likely N-dealkylation sites (N-methyl/N-ethyl adjacent to an activating group) is 1. The summed E-state index contributed by atoms with van der Waals surface area (Å²) in [6.45, 7) is 6.52. The predicted octanol–water partition coefficient (Wildman–Crippen LogP) is 2.36. The summed E-state index contributed by atoms with van der Waals surface area (Å²) < 4.78 is 0. The largest absolute Gasteiger partial charge is 0.355 e. The quantitative estimate of drug-likeness (QED) is 0.582. The summed E-state index contributed by atoms with van der Waals surface area (Å²) in [5.74, 6) is 0.278. The van der Waals surface area contributed by atoms with Gasteiger partial charge >= 0.3 is 0 Å². The van der Waals surface area contributed by atoms with Gasteiger partial charge in [0, 0.05) is 49.9 Å². The van der Waals surface area contributed by atoms with Gasteiger partial charge < -0.3 is 10.2 Å². The highest BCUT2D eigenvalue weighted by Gasteiger charge is 2.37. The fraction of sp³-hybridized carbons (Fsp3) is 0.619. The molecule has 0 unspecified atom stereocenters. The first-order valence-electron chi connectivity index (χ1n) is 10.5. The molecule has 1 heterocycles.